The molecule has 0 aliphatic carbocycles. The highest BCUT2D eigenvalue weighted by Gasteiger charge is 2.21. The van der Waals surface area contributed by atoms with Crippen LogP contribution in [0, 0.1) is 22.7 Å². The van der Waals surface area contributed by atoms with Crippen molar-refractivity contribution in [2.75, 3.05) is 61.6 Å². The summed E-state index contributed by atoms with van der Waals surface area (Å²) >= 11 is 12.9. The van der Waals surface area contributed by atoms with Crippen LogP contribution in [-0.4, -0.2) is 78.6 Å². The number of nitriles is 2. The number of H-pyrrole nitrogens is 2. The first-order chi connectivity index (χ1) is 28.7. The fourth-order valence-corrected chi connectivity index (χ4v) is 9.18. The molecule has 6 aromatic rings. The lowest BCUT2D eigenvalue weighted by molar-refractivity contribution is 0.574. The average molecular weight is 881 g/mol. The van der Waals surface area contributed by atoms with Gasteiger partial charge in [-0.05, 0) is 102 Å². The summed E-state index contributed by atoms with van der Waals surface area (Å²) in [6.07, 6.45) is 5.86. The lowest BCUT2D eigenvalue weighted by atomic mass is 10.0. The van der Waals surface area contributed by atoms with Crippen LogP contribution >= 0.6 is 23.2 Å². The minimum absolute atomic E-state index is 0.266. The second kappa shape index (κ2) is 18.0. The van der Waals surface area contributed by atoms with Gasteiger partial charge in [-0.2, -0.15) is 10.5 Å². The molecule has 2 aromatic heterocycles. The molecule has 308 valence electrons. The molecular formula is C45H43Cl2N7O4S2. The fraction of sp³-hybridized carbons (Fsp3) is 0.244. The second-order valence-electron chi connectivity index (χ2n) is 14.9. The van der Waals surface area contributed by atoms with Crippen LogP contribution in [0.2, 0.25) is 10.0 Å². The van der Waals surface area contributed by atoms with Gasteiger partial charge in [-0.15, -0.1) is 0 Å². The van der Waals surface area contributed by atoms with Gasteiger partial charge in [-0.3, -0.25) is 0 Å². The number of anilines is 2. The van der Waals surface area contributed by atoms with E-state index in [4.69, 9.17) is 23.2 Å². The molecule has 4 heterocycles. The molecule has 0 radical (unpaired) electrons. The van der Waals surface area contributed by atoms with E-state index in [0.717, 1.165) is 109 Å². The molecule has 11 nitrogen and oxygen atoms in total. The summed E-state index contributed by atoms with van der Waals surface area (Å²) in [5.41, 5.74) is 8.03. The van der Waals surface area contributed by atoms with Gasteiger partial charge in [0.2, 0.25) is 0 Å². The first-order valence-electron chi connectivity index (χ1n) is 19.4. The third-order valence-corrected chi connectivity index (χ3v) is 13.6. The number of rotatable bonds is 8. The third kappa shape index (κ3) is 9.57. The predicted molar refractivity (Wildman–Crippen MR) is 240 cm³/mol. The van der Waals surface area contributed by atoms with E-state index in [2.05, 4.69) is 37.2 Å². The van der Waals surface area contributed by atoms with Gasteiger partial charge in [0.15, 0.2) is 19.7 Å². The lowest BCUT2D eigenvalue weighted by Gasteiger charge is -2.28. The van der Waals surface area contributed by atoms with Gasteiger partial charge in [0.05, 0.1) is 20.9 Å². The molecule has 60 heavy (non-hydrogen) atoms. The van der Waals surface area contributed by atoms with Crippen molar-refractivity contribution in [2.24, 2.45) is 0 Å². The second-order valence-corrected chi connectivity index (χ2v) is 19.7. The van der Waals surface area contributed by atoms with Crippen LogP contribution < -0.4 is 15.1 Å². The Balaban J connectivity index is 0.000000181. The largest absolute Gasteiger partial charge is 0.357 e. The SMILES string of the molecule is CS(=O)(=O)c1ccc(-c2cc(-c3cc(C#N)c(N4CCCCC4)[nH]3)ccc2Cl)cc1.CS(=O)(=O)c1ccc(-c2cc(-c3cc(C#N)c(N4CCNCC4)[nH]3)ccc2Cl)cc1. The van der Waals surface area contributed by atoms with Gasteiger partial charge in [0, 0.05) is 84.3 Å². The van der Waals surface area contributed by atoms with Gasteiger partial charge < -0.3 is 25.1 Å². The summed E-state index contributed by atoms with van der Waals surface area (Å²) in [4.78, 5) is 11.8. The van der Waals surface area contributed by atoms with Crippen molar-refractivity contribution in [3.8, 4) is 56.9 Å². The van der Waals surface area contributed by atoms with Crippen molar-refractivity contribution >= 4 is 54.5 Å². The van der Waals surface area contributed by atoms with Crippen LogP contribution in [0.1, 0.15) is 30.4 Å². The standard InChI is InChI=1S/C23H22ClN3O2S.C22H21ClN4O2S/c1-30(28,29)19-8-5-16(6-9-19)20-13-17(7-10-21(20)24)22-14-18(15-25)23(26-22)27-11-3-2-4-12-27;1-30(28,29)18-5-2-15(3-6-18)19-12-16(4-7-20(19)23)21-13-17(14-24)22(26-21)27-10-8-25-9-11-27/h5-10,13-14,26H,2-4,11-12H2,1H3;2-7,12-13,25-26H,8-11H2,1H3. The van der Waals surface area contributed by atoms with Crippen molar-refractivity contribution in [3.63, 3.8) is 0 Å². The molecule has 8 rings (SSSR count). The number of nitrogens with zero attached hydrogens (tertiary/aromatic N) is 4. The van der Waals surface area contributed by atoms with Crippen molar-refractivity contribution in [3.05, 3.63) is 118 Å². The van der Waals surface area contributed by atoms with Crippen LogP contribution in [-0.2, 0) is 19.7 Å². The Labute approximate surface area is 361 Å². The number of halogens is 2. The van der Waals surface area contributed by atoms with E-state index < -0.39 is 19.7 Å². The number of piperidine rings is 1. The number of benzene rings is 4. The third-order valence-electron chi connectivity index (χ3n) is 10.7. The van der Waals surface area contributed by atoms with E-state index in [-0.39, 0.29) is 9.79 Å². The molecule has 2 fully saturated rings. The van der Waals surface area contributed by atoms with Crippen molar-refractivity contribution in [2.45, 2.75) is 29.1 Å². The Bertz CT molecular complexity index is 2630. The minimum atomic E-state index is -3.26. The topological polar surface area (TPSA) is 166 Å². The van der Waals surface area contributed by atoms with E-state index in [0.29, 0.717) is 21.2 Å². The monoisotopic (exact) mass is 879 g/mol. The summed E-state index contributed by atoms with van der Waals surface area (Å²) in [7, 11) is -6.51. The number of nitrogens with one attached hydrogen (secondary N) is 3. The van der Waals surface area contributed by atoms with Gasteiger partial charge in [0.1, 0.15) is 23.8 Å². The molecule has 3 N–H and O–H groups in total. The van der Waals surface area contributed by atoms with E-state index in [1.54, 1.807) is 48.5 Å². The molecule has 0 saturated carbocycles. The number of sulfone groups is 2. The molecule has 0 unspecified atom stereocenters. The maximum Gasteiger partial charge on any atom is 0.175 e. The van der Waals surface area contributed by atoms with Gasteiger partial charge >= 0.3 is 0 Å². The van der Waals surface area contributed by atoms with Crippen LogP contribution in [0.4, 0.5) is 11.6 Å². The normalized spacial score (nSPS) is 14.5. The Morgan fingerprint density at radius 1 is 0.533 bits per heavy atom. The van der Waals surface area contributed by atoms with Crippen LogP contribution in [0.15, 0.2) is 107 Å². The number of hydrogen-bond acceptors (Lipinski definition) is 9. The fourth-order valence-electron chi connectivity index (χ4n) is 7.47. The lowest BCUT2D eigenvalue weighted by Crippen LogP contribution is -2.44. The maximum absolute atomic E-state index is 11.7. The van der Waals surface area contributed by atoms with Crippen LogP contribution in [0.5, 0.6) is 0 Å². The number of hydrogen-bond donors (Lipinski definition) is 3. The highest BCUT2D eigenvalue weighted by Crippen LogP contribution is 2.37. The molecule has 2 aliphatic heterocycles. The quantitative estimate of drug-likeness (QED) is 0.135. The number of piperazine rings is 1. The first-order valence-corrected chi connectivity index (χ1v) is 23.9. The molecule has 0 spiro atoms. The molecule has 0 bridgehead atoms. The molecular weight excluding hydrogens is 838 g/mol. The predicted octanol–water partition coefficient (Wildman–Crippen LogP) is 8.95. The average Bonchev–Trinajstić information content (AvgIpc) is 3.90. The van der Waals surface area contributed by atoms with E-state index in [9.17, 15) is 27.4 Å². The van der Waals surface area contributed by atoms with Crippen molar-refractivity contribution in [1.29, 1.82) is 10.5 Å². The van der Waals surface area contributed by atoms with Crippen LogP contribution in [0.3, 0.4) is 0 Å². The Hall–Kier alpha value is -5.54. The summed E-state index contributed by atoms with van der Waals surface area (Å²) in [6, 6.07) is 33.1. The van der Waals surface area contributed by atoms with E-state index >= 15 is 0 Å². The highest BCUT2D eigenvalue weighted by atomic mass is 35.5. The van der Waals surface area contributed by atoms with Crippen molar-refractivity contribution < 1.29 is 16.8 Å². The van der Waals surface area contributed by atoms with Crippen LogP contribution in [0.25, 0.3) is 44.8 Å². The number of aromatic nitrogens is 2. The molecule has 4 aromatic carbocycles. The van der Waals surface area contributed by atoms with Gasteiger partial charge in [0.25, 0.3) is 0 Å². The Kier molecular flexibility index (Phi) is 12.8. The zero-order chi connectivity index (χ0) is 42.6. The molecule has 0 atom stereocenters. The Morgan fingerprint density at radius 3 is 1.30 bits per heavy atom. The Morgan fingerprint density at radius 2 is 0.917 bits per heavy atom. The minimum Gasteiger partial charge on any atom is -0.357 e. The first kappa shape index (κ1) is 42.6. The summed E-state index contributed by atoms with van der Waals surface area (Å²) < 4.78 is 46.9. The summed E-state index contributed by atoms with van der Waals surface area (Å²) in [6.45, 7) is 5.35. The molecule has 0 amide bonds. The molecule has 15 heteroatoms. The van der Waals surface area contributed by atoms with E-state index in [1.165, 1.54) is 18.9 Å². The van der Waals surface area contributed by atoms with Gasteiger partial charge in [-0.25, -0.2) is 16.8 Å². The molecule has 2 aliphatic rings. The summed E-state index contributed by atoms with van der Waals surface area (Å²) in [5, 5.41) is 23.7. The summed E-state index contributed by atoms with van der Waals surface area (Å²) in [5.74, 6) is 1.71. The zero-order valence-corrected chi connectivity index (χ0v) is 36.2. The van der Waals surface area contributed by atoms with E-state index in [1.807, 2.05) is 48.5 Å². The van der Waals surface area contributed by atoms with Crippen molar-refractivity contribution in [1.82, 2.24) is 15.3 Å². The maximum atomic E-state index is 11.7. The molecule has 2 saturated heterocycles. The highest BCUT2D eigenvalue weighted by molar-refractivity contribution is 7.91. The van der Waals surface area contributed by atoms with Gasteiger partial charge in [-0.1, -0.05) is 59.6 Å². The number of aromatic amines is 2. The zero-order valence-electron chi connectivity index (χ0n) is 33.1. The smallest absolute Gasteiger partial charge is 0.175 e.